The topological polar surface area (TPSA) is 42.0 Å². The van der Waals surface area contributed by atoms with Gasteiger partial charge in [0, 0.05) is 45.8 Å². The maximum absolute atomic E-state index is 11.7. The van der Waals surface area contributed by atoms with Crippen molar-refractivity contribution in [3.63, 3.8) is 0 Å². The Bertz CT molecular complexity index is 277. The molecule has 0 aromatic heterocycles. The van der Waals surface area contributed by atoms with Crippen molar-refractivity contribution in [2.45, 2.75) is 32.4 Å². The van der Waals surface area contributed by atoms with E-state index >= 15 is 0 Å². The highest BCUT2D eigenvalue weighted by Gasteiger charge is 2.37. The van der Waals surface area contributed by atoms with Crippen molar-refractivity contribution >= 4 is 5.97 Å². The van der Waals surface area contributed by atoms with Crippen LogP contribution in [0, 0.1) is 0 Å². The van der Waals surface area contributed by atoms with Crippen molar-refractivity contribution in [3.05, 3.63) is 0 Å². The molecule has 18 heavy (non-hydrogen) atoms. The Kier molecular flexibility index (Phi) is 4.97. The second-order valence-electron chi connectivity index (χ2n) is 5.07. The van der Waals surface area contributed by atoms with E-state index < -0.39 is 0 Å². The van der Waals surface area contributed by atoms with E-state index in [1.807, 2.05) is 13.8 Å². The van der Waals surface area contributed by atoms with Crippen LogP contribution in [0.2, 0.25) is 0 Å². The standard InChI is InChI=1S/C13H24N2O3/c1-3-17-9-8-14-4-6-15(7-5-14)12-10-11(2)18-13(12)16/h11-12H,3-10H2,1-2H3/t11-,12+/m0/s1. The summed E-state index contributed by atoms with van der Waals surface area (Å²) >= 11 is 0. The summed E-state index contributed by atoms with van der Waals surface area (Å²) in [5, 5.41) is 0. The van der Waals surface area contributed by atoms with E-state index in [1.165, 1.54) is 0 Å². The van der Waals surface area contributed by atoms with Crippen LogP contribution in [0.1, 0.15) is 20.3 Å². The number of piperazine rings is 1. The molecule has 0 unspecified atom stereocenters. The van der Waals surface area contributed by atoms with Crippen molar-refractivity contribution in [2.75, 3.05) is 45.9 Å². The van der Waals surface area contributed by atoms with Crippen LogP contribution in [0.15, 0.2) is 0 Å². The van der Waals surface area contributed by atoms with Crippen molar-refractivity contribution in [1.82, 2.24) is 9.80 Å². The van der Waals surface area contributed by atoms with Crippen molar-refractivity contribution in [3.8, 4) is 0 Å². The molecular weight excluding hydrogens is 232 g/mol. The van der Waals surface area contributed by atoms with Gasteiger partial charge >= 0.3 is 5.97 Å². The van der Waals surface area contributed by atoms with Gasteiger partial charge in [0.25, 0.3) is 0 Å². The minimum Gasteiger partial charge on any atom is -0.461 e. The number of esters is 1. The van der Waals surface area contributed by atoms with Gasteiger partial charge in [-0.1, -0.05) is 0 Å². The summed E-state index contributed by atoms with van der Waals surface area (Å²) in [6.07, 6.45) is 0.927. The Balaban J connectivity index is 1.71. The van der Waals surface area contributed by atoms with Gasteiger partial charge in [0.1, 0.15) is 12.1 Å². The Labute approximate surface area is 109 Å². The van der Waals surface area contributed by atoms with Crippen LogP contribution in [0.3, 0.4) is 0 Å². The largest absolute Gasteiger partial charge is 0.461 e. The minimum absolute atomic E-state index is 0.00552. The second-order valence-corrected chi connectivity index (χ2v) is 5.07. The number of cyclic esters (lactones) is 1. The third-order valence-electron chi connectivity index (χ3n) is 3.75. The zero-order valence-electron chi connectivity index (χ0n) is 11.4. The summed E-state index contributed by atoms with van der Waals surface area (Å²) in [5.74, 6) is -0.0368. The molecule has 0 saturated carbocycles. The fraction of sp³-hybridized carbons (Fsp3) is 0.923. The van der Waals surface area contributed by atoms with E-state index in [2.05, 4.69) is 9.80 Å². The molecule has 5 heteroatoms. The highest BCUT2D eigenvalue weighted by atomic mass is 16.6. The number of carbonyl (C=O) groups excluding carboxylic acids is 1. The van der Waals surface area contributed by atoms with Gasteiger partial charge in [0.2, 0.25) is 0 Å². The van der Waals surface area contributed by atoms with Gasteiger partial charge in [-0.25, -0.2) is 0 Å². The number of nitrogens with zero attached hydrogens (tertiary/aromatic N) is 2. The van der Waals surface area contributed by atoms with Gasteiger partial charge in [-0.3, -0.25) is 14.6 Å². The molecule has 5 nitrogen and oxygen atoms in total. The molecule has 2 atom stereocenters. The summed E-state index contributed by atoms with van der Waals surface area (Å²) in [7, 11) is 0. The first kappa shape index (κ1) is 13.8. The molecule has 2 aliphatic heterocycles. The molecule has 2 aliphatic rings. The highest BCUT2D eigenvalue weighted by Crippen LogP contribution is 2.20. The number of carbonyl (C=O) groups is 1. The maximum Gasteiger partial charge on any atom is 0.323 e. The molecule has 0 N–H and O–H groups in total. The van der Waals surface area contributed by atoms with Crippen LogP contribution in [-0.4, -0.2) is 73.9 Å². The molecule has 0 aromatic carbocycles. The van der Waals surface area contributed by atoms with Gasteiger partial charge in [-0.15, -0.1) is 0 Å². The minimum atomic E-state index is -0.0368. The molecule has 0 spiro atoms. The molecule has 2 fully saturated rings. The number of rotatable bonds is 5. The molecule has 0 radical (unpaired) electrons. The molecule has 0 amide bonds. The Hall–Kier alpha value is -0.650. The van der Waals surface area contributed by atoms with Crippen molar-refractivity contribution < 1.29 is 14.3 Å². The van der Waals surface area contributed by atoms with Crippen molar-refractivity contribution in [1.29, 1.82) is 0 Å². The SMILES string of the molecule is CCOCCN1CCN([C@@H]2C[C@H](C)OC2=O)CC1. The van der Waals surface area contributed by atoms with E-state index in [0.717, 1.165) is 52.4 Å². The Morgan fingerprint density at radius 2 is 2.06 bits per heavy atom. The summed E-state index contributed by atoms with van der Waals surface area (Å²) in [4.78, 5) is 16.3. The lowest BCUT2D eigenvalue weighted by Crippen LogP contribution is -2.52. The van der Waals surface area contributed by atoms with Crippen LogP contribution in [-0.2, 0) is 14.3 Å². The lowest BCUT2D eigenvalue weighted by molar-refractivity contribution is -0.145. The van der Waals surface area contributed by atoms with Crippen molar-refractivity contribution in [2.24, 2.45) is 0 Å². The lowest BCUT2D eigenvalue weighted by Gasteiger charge is -2.36. The molecule has 104 valence electrons. The van der Waals surface area contributed by atoms with Crippen LogP contribution in [0.25, 0.3) is 0 Å². The fourth-order valence-corrected chi connectivity index (χ4v) is 2.67. The average molecular weight is 256 g/mol. The summed E-state index contributed by atoms with van der Waals surface area (Å²) in [5.41, 5.74) is 0. The zero-order chi connectivity index (χ0) is 13.0. The quantitative estimate of drug-likeness (QED) is 0.524. The van der Waals surface area contributed by atoms with E-state index in [4.69, 9.17) is 9.47 Å². The molecular formula is C13H24N2O3. The van der Waals surface area contributed by atoms with Gasteiger partial charge in [-0.2, -0.15) is 0 Å². The molecule has 2 heterocycles. The Morgan fingerprint density at radius 1 is 1.33 bits per heavy atom. The van der Waals surface area contributed by atoms with Crippen LogP contribution in [0.4, 0.5) is 0 Å². The normalized spacial score (nSPS) is 30.7. The molecule has 2 saturated heterocycles. The average Bonchev–Trinajstić information content (AvgIpc) is 2.70. The monoisotopic (exact) mass is 256 g/mol. The first-order chi connectivity index (χ1) is 8.70. The number of hydrogen-bond acceptors (Lipinski definition) is 5. The third kappa shape index (κ3) is 3.43. The van der Waals surface area contributed by atoms with E-state index in [9.17, 15) is 4.79 Å². The second kappa shape index (κ2) is 6.50. The third-order valence-corrected chi connectivity index (χ3v) is 3.75. The smallest absolute Gasteiger partial charge is 0.323 e. The van der Waals surface area contributed by atoms with Gasteiger partial charge < -0.3 is 9.47 Å². The zero-order valence-corrected chi connectivity index (χ0v) is 11.4. The summed E-state index contributed by atoms with van der Waals surface area (Å²) < 4.78 is 10.6. The van der Waals surface area contributed by atoms with Gasteiger partial charge in [-0.05, 0) is 13.8 Å². The van der Waals surface area contributed by atoms with E-state index in [1.54, 1.807) is 0 Å². The van der Waals surface area contributed by atoms with Crippen LogP contribution < -0.4 is 0 Å². The summed E-state index contributed by atoms with van der Waals surface area (Å²) in [6.45, 7) is 10.5. The first-order valence-electron chi connectivity index (χ1n) is 6.95. The van der Waals surface area contributed by atoms with Gasteiger partial charge in [0.05, 0.1) is 6.61 Å². The van der Waals surface area contributed by atoms with E-state index in [0.29, 0.717) is 0 Å². The predicted octanol–water partition coefficient (Wildman–Crippen LogP) is 0.345. The number of ether oxygens (including phenoxy) is 2. The molecule has 2 rings (SSSR count). The highest BCUT2D eigenvalue weighted by molar-refractivity contribution is 5.78. The lowest BCUT2D eigenvalue weighted by atomic mass is 10.1. The van der Waals surface area contributed by atoms with Gasteiger partial charge in [0.15, 0.2) is 0 Å². The molecule has 0 aliphatic carbocycles. The predicted molar refractivity (Wildman–Crippen MR) is 68.5 cm³/mol. The Morgan fingerprint density at radius 3 is 2.61 bits per heavy atom. The number of hydrogen-bond donors (Lipinski definition) is 0. The van der Waals surface area contributed by atoms with E-state index in [-0.39, 0.29) is 18.1 Å². The fourth-order valence-electron chi connectivity index (χ4n) is 2.67. The maximum atomic E-state index is 11.7. The molecule has 0 aromatic rings. The summed E-state index contributed by atoms with van der Waals surface area (Å²) in [6, 6.07) is -0.00552. The first-order valence-corrected chi connectivity index (χ1v) is 6.95. The van der Waals surface area contributed by atoms with Crippen LogP contribution in [0.5, 0.6) is 0 Å². The van der Waals surface area contributed by atoms with Crippen LogP contribution >= 0.6 is 0 Å². The molecule has 0 bridgehead atoms.